The van der Waals surface area contributed by atoms with Gasteiger partial charge in [-0.15, -0.1) is 0 Å². The zero-order valence-corrected chi connectivity index (χ0v) is 10.1. The summed E-state index contributed by atoms with van der Waals surface area (Å²) >= 11 is 0. The monoisotopic (exact) mass is 202 g/mol. The Bertz CT molecular complexity index is 310. The summed E-state index contributed by atoms with van der Waals surface area (Å²) in [4.78, 5) is 0. The molecular formula is C15H22. The number of rotatable bonds is 6. The number of hydrogen-bond donors (Lipinski definition) is 0. The summed E-state index contributed by atoms with van der Waals surface area (Å²) in [6, 6.07) is 8.69. The molecule has 1 aromatic carbocycles. The number of unbranched alkanes of at least 4 members (excludes halogenated alkanes) is 1. The van der Waals surface area contributed by atoms with Crippen LogP contribution in [0.3, 0.4) is 0 Å². The smallest absolute Gasteiger partial charge is 0.0198 e. The van der Waals surface area contributed by atoms with Crippen molar-refractivity contribution in [2.75, 3.05) is 0 Å². The third-order valence-corrected chi connectivity index (χ3v) is 2.75. The van der Waals surface area contributed by atoms with E-state index < -0.39 is 0 Å². The molecule has 0 nitrogen and oxygen atoms in total. The van der Waals surface area contributed by atoms with E-state index in [4.69, 9.17) is 0 Å². The molecule has 0 aromatic heterocycles. The van der Waals surface area contributed by atoms with Crippen molar-refractivity contribution >= 4 is 5.57 Å². The third kappa shape index (κ3) is 3.54. The Hall–Kier alpha value is -1.04. The Morgan fingerprint density at radius 2 is 1.87 bits per heavy atom. The number of allylic oxidation sites excluding steroid dienone is 1. The highest BCUT2D eigenvalue weighted by Crippen LogP contribution is 2.23. The summed E-state index contributed by atoms with van der Waals surface area (Å²) in [6.45, 7) is 8.66. The van der Waals surface area contributed by atoms with Crippen LogP contribution in [0, 0.1) is 0 Å². The van der Waals surface area contributed by atoms with Gasteiger partial charge in [-0.25, -0.2) is 0 Å². The SMILES string of the molecule is C=C(CCCC)c1ccccc1CCC. The fraction of sp³-hybridized carbons (Fsp3) is 0.467. The van der Waals surface area contributed by atoms with Crippen LogP contribution < -0.4 is 0 Å². The van der Waals surface area contributed by atoms with Crippen LogP contribution in [0.4, 0.5) is 0 Å². The quantitative estimate of drug-likeness (QED) is 0.619. The van der Waals surface area contributed by atoms with E-state index in [9.17, 15) is 0 Å². The molecular weight excluding hydrogens is 180 g/mol. The molecule has 1 rings (SSSR count). The average molecular weight is 202 g/mol. The van der Waals surface area contributed by atoms with E-state index in [1.807, 2.05) is 0 Å². The molecule has 0 saturated carbocycles. The summed E-state index contributed by atoms with van der Waals surface area (Å²) in [5.74, 6) is 0. The molecule has 0 N–H and O–H groups in total. The highest BCUT2D eigenvalue weighted by atomic mass is 14.1. The van der Waals surface area contributed by atoms with Crippen LogP contribution in [0.1, 0.15) is 50.7 Å². The maximum Gasteiger partial charge on any atom is -0.0198 e. The zero-order valence-electron chi connectivity index (χ0n) is 10.1. The Morgan fingerprint density at radius 3 is 2.53 bits per heavy atom. The van der Waals surface area contributed by atoms with Crippen LogP contribution in [0.15, 0.2) is 30.8 Å². The van der Waals surface area contributed by atoms with Gasteiger partial charge in [0.1, 0.15) is 0 Å². The largest absolute Gasteiger partial charge is 0.0952 e. The lowest BCUT2D eigenvalue weighted by molar-refractivity contribution is 0.822. The van der Waals surface area contributed by atoms with Crippen LogP contribution in [0.2, 0.25) is 0 Å². The van der Waals surface area contributed by atoms with E-state index in [0.29, 0.717) is 0 Å². The van der Waals surface area contributed by atoms with Gasteiger partial charge in [0, 0.05) is 0 Å². The van der Waals surface area contributed by atoms with Gasteiger partial charge in [-0.05, 0) is 36.0 Å². The average Bonchev–Trinajstić information content (AvgIpc) is 2.27. The number of hydrogen-bond acceptors (Lipinski definition) is 0. The Kier molecular flexibility index (Phi) is 5.17. The standard InChI is InChI=1S/C15H22/c1-4-6-10-13(3)15-12-8-7-11-14(15)9-5-2/h7-8,11-12H,3-6,9-10H2,1-2H3. The first-order valence-corrected chi connectivity index (χ1v) is 6.05. The molecule has 0 amide bonds. The predicted octanol–water partition coefficient (Wildman–Crippen LogP) is 4.84. The topological polar surface area (TPSA) is 0 Å². The fourth-order valence-electron chi connectivity index (χ4n) is 1.88. The first-order valence-electron chi connectivity index (χ1n) is 6.05. The van der Waals surface area contributed by atoms with E-state index in [1.165, 1.54) is 42.4 Å². The molecule has 15 heavy (non-hydrogen) atoms. The Balaban J connectivity index is 2.77. The van der Waals surface area contributed by atoms with Crippen LogP contribution in [0.5, 0.6) is 0 Å². The second-order valence-electron chi connectivity index (χ2n) is 4.11. The van der Waals surface area contributed by atoms with Gasteiger partial charge in [-0.1, -0.05) is 57.5 Å². The molecule has 0 atom stereocenters. The van der Waals surface area contributed by atoms with E-state index in [-0.39, 0.29) is 0 Å². The van der Waals surface area contributed by atoms with Gasteiger partial charge in [0.05, 0.1) is 0 Å². The van der Waals surface area contributed by atoms with Gasteiger partial charge in [-0.3, -0.25) is 0 Å². The zero-order chi connectivity index (χ0) is 11.1. The second kappa shape index (κ2) is 6.44. The van der Waals surface area contributed by atoms with E-state index >= 15 is 0 Å². The molecule has 0 heterocycles. The Morgan fingerprint density at radius 1 is 1.13 bits per heavy atom. The molecule has 0 aliphatic rings. The van der Waals surface area contributed by atoms with Crippen molar-refractivity contribution in [3.63, 3.8) is 0 Å². The summed E-state index contributed by atoms with van der Waals surface area (Å²) < 4.78 is 0. The molecule has 0 aliphatic carbocycles. The van der Waals surface area contributed by atoms with Gasteiger partial charge < -0.3 is 0 Å². The third-order valence-electron chi connectivity index (χ3n) is 2.75. The summed E-state index contributed by atoms with van der Waals surface area (Å²) in [5, 5.41) is 0. The minimum absolute atomic E-state index is 1.14. The Labute approximate surface area is 94.0 Å². The molecule has 82 valence electrons. The van der Waals surface area contributed by atoms with Crippen molar-refractivity contribution < 1.29 is 0 Å². The van der Waals surface area contributed by atoms with Crippen LogP contribution in [0.25, 0.3) is 5.57 Å². The molecule has 0 spiro atoms. The molecule has 0 heteroatoms. The maximum absolute atomic E-state index is 4.21. The molecule has 0 bridgehead atoms. The first-order chi connectivity index (χ1) is 7.29. The summed E-state index contributed by atoms with van der Waals surface area (Å²) in [7, 11) is 0. The molecule has 0 unspecified atom stereocenters. The second-order valence-corrected chi connectivity index (χ2v) is 4.11. The van der Waals surface area contributed by atoms with E-state index in [1.54, 1.807) is 0 Å². The fourth-order valence-corrected chi connectivity index (χ4v) is 1.88. The summed E-state index contributed by atoms with van der Waals surface area (Å²) in [5.41, 5.74) is 4.15. The minimum Gasteiger partial charge on any atom is -0.0952 e. The highest BCUT2D eigenvalue weighted by molar-refractivity contribution is 5.66. The van der Waals surface area contributed by atoms with Gasteiger partial charge in [0.2, 0.25) is 0 Å². The molecule has 0 saturated heterocycles. The van der Waals surface area contributed by atoms with Crippen molar-refractivity contribution in [1.29, 1.82) is 0 Å². The van der Waals surface area contributed by atoms with Crippen molar-refractivity contribution in [2.45, 2.75) is 46.0 Å². The lowest BCUT2D eigenvalue weighted by Crippen LogP contribution is -1.92. The molecule has 0 fully saturated rings. The molecule has 1 aromatic rings. The molecule has 0 radical (unpaired) electrons. The number of aryl methyl sites for hydroxylation is 1. The first kappa shape index (κ1) is 12.0. The van der Waals surface area contributed by atoms with Gasteiger partial charge in [0.25, 0.3) is 0 Å². The van der Waals surface area contributed by atoms with E-state index in [2.05, 4.69) is 44.7 Å². The van der Waals surface area contributed by atoms with Crippen molar-refractivity contribution in [1.82, 2.24) is 0 Å². The predicted molar refractivity (Wildman–Crippen MR) is 69.0 cm³/mol. The number of benzene rings is 1. The van der Waals surface area contributed by atoms with Crippen LogP contribution >= 0.6 is 0 Å². The minimum atomic E-state index is 1.14. The normalized spacial score (nSPS) is 10.3. The lowest BCUT2D eigenvalue weighted by atomic mass is 9.95. The molecule has 0 aliphatic heterocycles. The highest BCUT2D eigenvalue weighted by Gasteiger charge is 2.03. The van der Waals surface area contributed by atoms with Gasteiger partial charge in [-0.2, -0.15) is 0 Å². The van der Waals surface area contributed by atoms with Crippen LogP contribution in [-0.2, 0) is 6.42 Å². The van der Waals surface area contributed by atoms with Gasteiger partial charge in [0.15, 0.2) is 0 Å². The van der Waals surface area contributed by atoms with Gasteiger partial charge >= 0.3 is 0 Å². The summed E-state index contributed by atoms with van der Waals surface area (Å²) in [6.07, 6.45) is 6.00. The maximum atomic E-state index is 4.21. The van der Waals surface area contributed by atoms with Crippen molar-refractivity contribution in [2.24, 2.45) is 0 Å². The van der Waals surface area contributed by atoms with Crippen molar-refractivity contribution in [3.8, 4) is 0 Å². The lowest BCUT2D eigenvalue weighted by Gasteiger charge is -2.10. The van der Waals surface area contributed by atoms with E-state index in [0.717, 1.165) is 6.42 Å². The van der Waals surface area contributed by atoms with Crippen LogP contribution in [-0.4, -0.2) is 0 Å². The van der Waals surface area contributed by atoms with Crippen molar-refractivity contribution in [3.05, 3.63) is 42.0 Å².